The number of ether oxygens (including phenoxy) is 1. The van der Waals surface area contributed by atoms with Gasteiger partial charge in [0, 0.05) is 19.2 Å². The van der Waals surface area contributed by atoms with E-state index in [9.17, 15) is 4.79 Å². The zero-order valence-electron chi connectivity index (χ0n) is 11.4. The average molecular weight is 296 g/mol. The first kappa shape index (κ1) is 13.6. The Kier molecular flexibility index (Phi) is 4.07. The third-order valence-electron chi connectivity index (χ3n) is 3.44. The minimum atomic E-state index is -0.125. The second-order valence-electron chi connectivity index (χ2n) is 5.46. The summed E-state index contributed by atoms with van der Waals surface area (Å²) in [6.45, 7) is 2.15. The number of hydrogen-bond acceptors (Lipinski definition) is 6. The van der Waals surface area contributed by atoms with Crippen molar-refractivity contribution in [1.82, 2.24) is 9.69 Å². The summed E-state index contributed by atoms with van der Waals surface area (Å²) in [4.78, 5) is 12.1. The second-order valence-corrected chi connectivity index (χ2v) is 6.24. The molecule has 6 nitrogen and oxygen atoms in total. The molecular formula is C13H20N4O2S. The molecule has 0 unspecified atom stereocenters. The van der Waals surface area contributed by atoms with Gasteiger partial charge in [0.1, 0.15) is 10.6 Å². The normalized spacial score (nSPS) is 18.0. The molecule has 110 valence electrons. The third-order valence-corrected chi connectivity index (χ3v) is 4.26. The summed E-state index contributed by atoms with van der Waals surface area (Å²) >= 11 is 1.23. The lowest BCUT2D eigenvalue weighted by molar-refractivity contribution is 0.0952. The Morgan fingerprint density at radius 1 is 1.40 bits per heavy atom. The van der Waals surface area contributed by atoms with Crippen molar-refractivity contribution in [3.05, 3.63) is 5.56 Å². The lowest BCUT2D eigenvalue weighted by atomic mass is 10.3. The number of carbonyl (C=O) groups is 1. The van der Waals surface area contributed by atoms with Crippen LogP contribution in [0.2, 0.25) is 0 Å². The highest BCUT2D eigenvalue weighted by Gasteiger charge is 2.27. The Morgan fingerprint density at radius 3 is 2.90 bits per heavy atom. The fourth-order valence-corrected chi connectivity index (χ4v) is 2.64. The van der Waals surface area contributed by atoms with E-state index in [1.807, 2.05) is 0 Å². The quantitative estimate of drug-likeness (QED) is 0.632. The van der Waals surface area contributed by atoms with E-state index in [1.54, 1.807) is 0 Å². The molecule has 0 atom stereocenters. The Morgan fingerprint density at radius 2 is 2.20 bits per heavy atom. The molecule has 0 aliphatic heterocycles. The van der Waals surface area contributed by atoms with Gasteiger partial charge in [0.25, 0.3) is 5.91 Å². The Hall–Kier alpha value is -1.34. The number of nitrogens with zero attached hydrogens (tertiary/aromatic N) is 1. The SMILES string of the molecule is Nc1nsc(NCCOCC2CC2)c1C(=O)NC1CC1. The zero-order valence-corrected chi connectivity index (χ0v) is 12.2. The van der Waals surface area contributed by atoms with Crippen LogP contribution in [0.4, 0.5) is 10.8 Å². The molecule has 20 heavy (non-hydrogen) atoms. The van der Waals surface area contributed by atoms with Crippen molar-refractivity contribution in [2.75, 3.05) is 30.8 Å². The summed E-state index contributed by atoms with van der Waals surface area (Å²) in [7, 11) is 0. The number of aromatic nitrogens is 1. The van der Waals surface area contributed by atoms with Crippen LogP contribution in [0.25, 0.3) is 0 Å². The van der Waals surface area contributed by atoms with Crippen LogP contribution in [0, 0.1) is 5.92 Å². The molecule has 3 rings (SSSR count). The van der Waals surface area contributed by atoms with Crippen LogP contribution in [-0.4, -0.2) is 36.1 Å². The van der Waals surface area contributed by atoms with Crippen molar-refractivity contribution in [2.45, 2.75) is 31.7 Å². The van der Waals surface area contributed by atoms with Crippen molar-refractivity contribution in [3.63, 3.8) is 0 Å². The van der Waals surface area contributed by atoms with Gasteiger partial charge in [-0.15, -0.1) is 0 Å². The van der Waals surface area contributed by atoms with Gasteiger partial charge in [-0.25, -0.2) is 0 Å². The topological polar surface area (TPSA) is 89.3 Å². The number of carbonyl (C=O) groups excluding carboxylic acids is 1. The summed E-state index contributed by atoms with van der Waals surface area (Å²) in [5, 5.41) is 6.86. The molecule has 1 aromatic rings. The number of nitrogen functional groups attached to an aromatic ring is 1. The average Bonchev–Trinajstić information content (AvgIpc) is 3.32. The van der Waals surface area contributed by atoms with Gasteiger partial charge in [-0.1, -0.05) is 0 Å². The number of nitrogens with one attached hydrogen (secondary N) is 2. The molecule has 0 bridgehead atoms. The highest BCUT2D eigenvalue weighted by Crippen LogP contribution is 2.29. The van der Waals surface area contributed by atoms with E-state index in [2.05, 4.69) is 15.0 Å². The van der Waals surface area contributed by atoms with Gasteiger partial charge in [-0.05, 0) is 43.1 Å². The van der Waals surface area contributed by atoms with Crippen LogP contribution in [0.15, 0.2) is 0 Å². The van der Waals surface area contributed by atoms with E-state index in [0.29, 0.717) is 30.6 Å². The predicted octanol–water partition coefficient (Wildman–Crippen LogP) is 1.46. The molecule has 7 heteroatoms. The Bertz CT molecular complexity index is 483. The van der Waals surface area contributed by atoms with Gasteiger partial charge >= 0.3 is 0 Å². The van der Waals surface area contributed by atoms with Crippen LogP contribution < -0.4 is 16.4 Å². The summed E-state index contributed by atoms with van der Waals surface area (Å²) < 4.78 is 9.61. The van der Waals surface area contributed by atoms with Gasteiger partial charge < -0.3 is 21.1 Å². The molecule has 0 spiro atoms. The molecule has 2 fully saturated rings. The largest absolute Gasteiger partial charge is 0.382 e. The first-order valence-electron chi connectivity index (χ1n) is 7.11. The molecule has 2 saturated carbocycles. The molecule has 0 radical (unpaired) electrons. The first-order valence-corrected chi connectivity index (χ1v) is 7.89. The second kappa shape index (κ2) is 5.97. The molecule has 1 heterocycles. The summed E-state index contributed by atoms with van der Waals surface area (Å²) in [5.74, 6) is 0.948. The molecular weight excluding hydrogens is 276 g/mol. The van der Waals surface area contributed by atoms with Crippen LogP contribution in [0.3, 0.4) is 0 Å². The first-order chi connectivity index (χ1) is 9.74. The zero-order chi connectivity index (χ0) is 13.9. The summed E-state index contributed by atoms with van der Waals surface area (Å²) in [5.41, 5.74) is 6.26. The van der Waals surface area contributed by atoms with E-state index in [4.69, 9.17) is 10.5 Å². The monoisotopic (exact) mass is 296 g/mol. The summed E-state index contributed by atoms with van der Waals surface area (Å²) in [6, 6.07) is 0.316. The molecule has 4 N–H and O–H groups in total. The van der Waals surface area contributed by atoms with Crippen LogP contribution >= 0.6 is 11.5 Å². The molecule has 2 aliphatic rings. The molecule has 0 aromatic carbocycles. The van der Waals surface area contributed by atoms with Crippen molar-refractivity contribution in [1.29, 1.82) is 0 Å². The smallest absolute Gasteiger partial charge is 0.258 e. The highest BCUT2D eigenvalue weighted by atomic mass is 32.1. The Labute approximate surface area is 122 Å². The fraction of sp³-hybridized carbons (Fsp3) is 0.692. The number of anilines is 2. The lowest BCUT2D eigenvalue weighted by Crippen LogP contribution is -2.26. The van der Waals surface area contributed by atoms with Crippen LogP contribution in [0.5, 0.6) is 0 Å². The van der Waals surface area contributed by atoms with Gasteiger partial charge in [-0.3, -0.25) is 4.79 Å². The molecule has 1 aromatic heterocycles. The number of hydrogen-bond donors (Lipinski definition) is 3. The molecule has 2 aliphatic carbocycles. The van der Waals surface area contributed by atoms with E-state index < -0.39 is 0 Å². The van der Waals surface area contributed by atoms with E-state index in [1.165, 1.54) is 24.4 Å². The Balaban J connectivity index is 1.48. The van der Waals surface area contributed by atoms with Crippen molar-refractivity contribution < 1.29 is 9.53 Å². The van der Waals surface area contributed by atoms with Crippen molar-refractivity contribution >= 4 is 28.3 Å². The number of rotatable bonds is 8. The van der Waals surface area contributed by atoms with Crippen molar-refractivity contribution in [2.24, 2.45) is 5.92 Å². The van der Waals surface area contributed by atoms with Gasteiger partial charge in [0.15, 0.2) is 5.82 Å². The molecule has 0 saturated heterocycles. The standard InChI is InChI=1S/C13H20N4O2S/c14-11-10(12(18)16-9-3-4-9)13(20-17-11)15-5-6-19-7-8-1-2-8/h8-9,15H,1-7H2,(H2,14,17)(H,16,18). The predicted molar refractivity (Wildman–Crippen MR) is 79.0 cm³/mol. The minimum Gasteiger partial charge on any atom is -0.382 e. The fourth-order valence-electron chi connectivity index (χ4n) is 1.90. The van der Waals surface area contributed by atoms with E-state index in [0.717, 1.165) is 30.4 Å². The lowest BCUT2D eigenvalue weighted by Gasteiger charge is -2.08. The van der Waals surface area contributed by atoms with Crippen molar-refractivity contribution in [3.8, 4) is 0 Å². The minimum absolute atomic E-state index is 0.125. The number of nitrogens with two attached hydrogens (primary N) is 1. The van der Waals surface area contributed by atoms with Crippen LogP contribution in [-0.2, 0) is 4.74 Å². The maximum atomic E-state index is 12.1. The third kappa shape index (κ3) is 3.61. The van der Waals surface area contributed by atoms with E-state index in [-0.39, 0.29) is 5.91 Å². The van der Waals surface area contributed by atoms with Gasteiger partial charge in [0.05, 0.1) is 6.61 Å². The van der Waals surface area contributed by atoms with Gasteiger partial charge in [0.2, 0.25) is 0 Å². The summed E-state index contributed by atoms with van der Waals surface area (Å²) in [6.07, 6.45) is 4.70. The maximum Gasteiger partial charge on any atom is 0.258 e. The highest BCUT2D eigenvalue weighted by molar-refractivity contribution is 7.11. The molecule has 1 amide bonds. The van der Waals surface area contributed by atoms with E-state index >= 15 is 0 Å². The van der Waals surface area contributed by atoms with Crippen LogP contribution in [0.1, 0.15) is 36.0 Å². The maximum absolute atomic E-state index is 12.1. The van der Waals surface area contributed by atoms with Gasteiger partial charge in [-0.2, -0.15) is 4.37 Å². The number of amides is 1.